The van der Waals surface area contributed by atoms with Gasteiger partial charge in [0.25, 0.3) is 11.8 Å². The second kappa shape index (κ2) is 5.38. The van der Waals surface area contributed by atoms with Gasteiger partial charge in [-0.2, -0.15) is 0 Å². The molecule has 20 heavy (non-hydrogen) atoms. The second-order valence-corrected chi connectivity index (χ2v) is 5.49. The van der Waals surface area contributed by atoms with Gasteiger partial charge in [-0.15, -0.1) is 0 Å². The van der Waals surface area contributed by atoms with Crippen molar-refractivity contribution >= 4 is 23.4 Å². The summed E-state index contributed by atoms with van der Waals surface area (Å²) in [6.45, 7) is 1.90. The van der Waals surface area contributed by atoms with E-state index < -0.39 is 0 Å². The second-order valence-electron chi connectivity index (χ2n) is 5.03. The third-order valence-electron chi connectivity index (χ3n) is 3.73. The van der Waals surface area contributed by atoms with Gasteiger partial charge in [-0.1, -0.05) is 23.7 Å². The quantitative estimate of drug-likeness (QED) is 0.849. The number of benzene rings is 1. The van der Waals surface area contributed by atoms with Gasteiger partial charge in [0, 0.05) is 11.6 Å². The Hall–Kier alpha value is -1.65. The van der Waals surface area contributed by atoms with Crippen LogP contribution >= 0.6 is 11.6 Å². The summed E-state index contributed by atoms with van der Waals surface area (Å²) in [5.41, 5.74) is 2.02. The lowest BCUT2D eigenvalue weighted by molar-refractivity contribution is 0.0670. The van der Waals surface area contributed by atoms with E-state index in [1.807, 2.05) is 0 Å². The van der Waals surface area contributed by atoms with Crippen LogP contribution in [0.1, 0.15) is 33.6 Å². The van der Waals surface area contributed by atoms with Crippen molar-refractivity contribution in [1.29, 1.82) is 0 Å². The number of rotatable bonds is 2. The van der Waals surface area contributed by atoms with Crippen LogP contribution in [-0.4, -0.2) is 36.3 Å². The molecule has 1 N–H and O–H groups in total. The molecule has 1 fully saturated rings. The Labute approximate surface area is 122 Å². The van der Waals surface area contributed by atoms with Gasteiger partial charge in [-0.3, -0.25) is 14.5 Å². The number of imide groups is 1. The maximum atomic E-state index is 12.2. The van der Waals surface area contributed by atoms with E-state index in [2.05, 4.69) is 5.32 Å². The Morgan fingerprint density at radius 3 is 2.40 bits per heavy atom. The molecule has 2 aliphatic heterocycles. The summed E-state index contributed by atoms with van der Waals surface area (Å²) in [6, 6.07) is 6.88. The van der Waals surface area contributed by atoms with Crippen molar-refractivity contribution in [3.8, 4) is 0 Å². The maximum Gasteiger partial charge on any atom is 0.261 e. The molecule has 0 aromatic heterocycles. The standard InChI is InChI=1S/C15H15ClN2O2/c16-13(10-4-3-7-17-8-10)9-18-14(19)11-5-1-2-6-12(11)15(18)20/h1-2,5-6,17H,3-4,7-9H2. The SMILES string of the molecule is O=C1c2ccccc2C(=O)N1CC(Cl)=C1CCCNC1. The van der Waals surface area contributed by atoms with Crippen LogP contribution in [0, 0.1) is 0 Å². The van der Waals surface area contributed by atoms with Gasteiger partial charge in [-0.05, 0) is 37.1 Å². The van der Waals surface area contributed by atoms with E-state index in [-0.39, 0.29) is 18.4 Å². The number of piperidine rings is 1. The highest BCUT2D eigenvalue weighted by molar-refractivity contribution is 6.31. The van der Waals surface area contributed by atoms with Crippen LogP contribution in [0.25, 0.3) is 0 Å². The molecule has 0 bridgehead atoms. The largest absolute Gasteiger partial charge is 0.313 e. The van der Waals surface area contributed by atoms with E-state index in [4.69, 9.17) is 11.6 Å². The van der Waals surface area contributed by atoms with E-state index in [1.54, 1.807) is 24.3 Å². The number of carbonyl (C=O) groups excluding carboxylic acids is 2. The molecule has 0 atom stereocenters. The minimum absolute atomic E-state index is 0.172. The number of carbonyl (C=O) groups is 2. The van der Waals surface area contributed by atoms with Gasteiger partial charge in [-0.25, -0.2) is 0 Å². The van der Waals surface area contributed by atoms with Gasteiger partial charge in [0.2, 0.25) is 0 Å². The Balaban J connectivity index is 1.83. The molecule has 0 saturated carbocycles. The number of fused-ring (bicyclic) bond motifs is 1. The molecule has 1 aromatic carbocycles. The topological polar surface area (TPSA) is 49.4 Å². The van der Waals surface area contributed by atoms with Crippen LogP contribution < -0.4 is 5.32 Å². The fourth-order valence-electron chi connectivity index (χ4n) is 2.62. The molecule has 2 aliphatic rings. The fraction of sp³-hybridized carbons (Fsp3) is 0.333. The zero-order valence-electron chi connectivity index (χ0n) is 11.0. The van der Waals surface area contributed by atoms with E-state index in [9.17, 15) is 9.59 Å². The normalized spacial score (nSPS) is 21.1. The third kappa shape index (κ3) is 2.25. The zero-order chi connectivity index (χ0) is 14.1. The molecule has 0 unspecified atom stereocenters. The summed E-state index contributed by atoms with van der Waals surface area (Å²) < 4.78 is 0. The van der Waals surface area contributed by atoms with Crippen LogP contribution in [0.5, 0.6) is 0 Å². The third-order valence-corrected chi connectivity index (χ3v) is 4.12. The molecule has 2 heterocycles. The number of nitrogens with one attached hydrogen (secondary N) is 1. The van der Waals surface area contributed by atoms with Crippen LogP contribution in [-0.2, 0) is 0 Å². The van der Waals surface area contributed by atoms with Crippen molar-refractivity contribution in [2.45, 2.75) is 12.8 Å². The zero-order valence-corrected chi connectivity index (χ0v) is 11.7. The monoisotopic (exact) mass is 290 g/mol. The first-order chi connectivity index (χ1) is 9.68. The van der Waals surface area contributed by atoms with Crippen molar-refractivity contribution in [2.24, 2.45) is 0 Å². The Kier molecular flexibility index (Phi) is 3.59. The minimum atomic E-state index is -0.256. The molecular formula is C15H15ClN2O2. The van der Waals surface area contributed by atoms with Crippen molar-refractivity contribution in [3.05, 3.63) is 46.0 Å². The molecule has 0 aliphatic carbocycles. The lowest BCUT2D eigenvalue weighted by atomic mass is 10.1. The van der Waals surface area contributed by atoms with Gasteiger partial charge in [0.1, 0.15) is 0 Å². The van der Waals surface area contributed by atoms with Crippen LogP contribution in [0.15, 0.2) is 34.9 Å². The molecule has 104 valence electrons. The molecule has 1 aromatic rings. The van der Waals surface area contributed by atoms with Gasteiger partial charge in [0.05, 0.1) is 17.7 Å². The highest BCUT2D eigenvalue weighted by atomic mass is 35.5. The number of amides is 2. The first kappa shape index (κ1) is 13.3. The van der Waals surface area contributed by atoms with Crippen LogP contribution in [0.4, 0.5) is 0 Å². The summed E-state index contributed by atoms with van der Waals surface area (Å²) in [5.74, 6) is -0.513. The van der Waals surface area contributed by atoms with E-state index >= 15 is 0 Å². The lowest BCUT2D eigenvalue weighted by Crippen LogP contribution is -2.32. The molecule has 0 radical (unpaired) electrons. The predicted molar refractivity (Wildman–Crippen MR) is 76.8 cm³/mol. The molecule has 2 amide bonds. The average molecular weight is 291 g/mol. The van der Waals surface area contributed by atoms with Gasteiger partial charge >= 0.3 is 0 Å². The van der Waals surface area contributed by atoms with E-state index in [0.717, 1.165) is 31.5 Å². The number of nitrogens with zero attached hydrogens (tertiary/aromatic N) is 1. The molecule has 1 saturated heterocycles. The van der Waals surface area contributed by atoms with Crippen molar-refractivity contribution in [2.75, 3.05) is 19.6 Å². The summed E-state index contributed by atoms with van der Waals surface area (Å²) in [7, 11) is 0. The maximum absolute atomic E-state index is 12.2. The summed E-state index contributed by atoms with van der Waals surface area (Å²) in [5, 5.41) is 3.85. The molecule has 5 heteroatoms. The van der Waals surface area contributed by atoms with Crippen molar-refractivity contribution in [1.82, 2.24) is 10.2 Å². The highest BCUT2D eigenvalue weighted by Crippen LogP contribution is 2.26. The molecular weight excluding hydrogens is 276 g/mol. The molecule has 4 nitrogen and oxygen atoms in total. The van der Waals surface area contributed by atoms with Crippen LogP contribution in [0.2, 0.25) is 0 Å². The Morgan fingerprint density at radius 2 is 1.85 bits per heavy atom. The fourth-order valence-corrected chi connectivity index (χ4v) is 2.90. The minimum Gasteiger partial charge on any atom is -0.313 e. The number of hydrogen-bond acceptors (Lipinski definition) is 3. The Morgan fingerprint density at radius 1 is 1.20 bits per heavy atom. The summed E-state index contributed by atoms with van der Waals surface area (Å²) >= 11 is 6.31. The lowest BCUT2D eigenvalue weighted by Gasteiger charge is -2.20. The van der Waals surface area contributed by atoms with E-state index in [1.165, 1.54) is 4.90 Å². The van der Waals surface area contributed by atoms with Gasteiger partial charge < -0.3 is 5.32 Å². The number of halogens is 1. The molecule has 3 rings (SSSR count). The van der Waals surface area contributed by atoms with Crippen LogP contribution in [0.3, 0.4) is 0 Å². The van der Waals surface area contributed by atoms with Crippen molar-refractivity contribution in [3.63, 3.8) is 0 Å². The summed E-state index contributed by atoms with van der Waals surface area (Å²) in [6.07, 6.45) is 1.96. The molecule has 0 spiro atoms. The first-order valence-corrected chi connectivity index (χ1v) is 7.08. The van der Waals surface area contributed by atoms with E-state index in [0.29, 0.717) is 16.2 Å². The number of hydrogen-bond donors (Lipinski definition) is 1. The van der Waals surface area contributed by atoms with Crippen molar-refractivity contribution < 1.29 is 9.59 Å². The summed E-state index contributed by atoms with van der Waals surface area (Å²) in [4.78, 5) is 25.7. The Bertz CT molecular complexity index is 567. The average Bonchev–Trinajstić information content (AvgIpc) is 2.74. The van der Waals surface area contributed by atoms with Gasteiger partial charge in [0.15, 0.2) is 0 Å². The smallest absolute Gasteiger partial charge is 0.261 e. The first-order valence-electron chi connectivity index (χ1n) is 6.71. The highest BCUT2D eigenvalue weighted by Gasteiger charge is 2.35. The predicted octanol–water partition coefficient (Wildman–Crippen LogP) is 2.16.